The molecule has 1 aromatic heterocycles. The first kappa shape index (κ1) is 16.0. The summed E-state index contributed by atoms with van der Waals surface area (Å²) in [6, 6.07) is 7.24. The number of nitrogens with one attached hydrogen (secondary N) is 1. The number of allylic oxidation sites excluding steroid dienone is 1. The Morgan fingerprint density at radius 3 is 2.55 bits per heavy atom. The normalized spacial score (nSPS) is 10.9. The maximum Gasteiger partial charge on any atom is 0.339 e. The zero-order valence-corrected chi connectivity index (χ0v) is 13.3. The van der Waals surface area contributed by atoms with Crippen LogP contribution >= 0.6 is 11.6 Å². The summed E-state index contributed by atoms with van der Waals surface area (Å²) in [5.74, 6) is -0.684. The Morgan fingerprint density at radius 1 is 1.23 bits per heavy atom. The van der Waals surface area contributed by atoms with E-state index in [1.165, 1.54) is 13.2 Å². The van der Waals surface area contributed by atoms with Gasteiger partial charge >= 0.3 is 5.97 Å². The van der Waals surface area contributed by atoms with E-state index in [0.29, 0.717) is 27.5 Å². The first-order chi connectivity index (χ1) is 10.5. The van der Waals surface area contributed by atoms with Crippen LogP contribution in [0.25, 0.3) is 6.08 Å². The lowest BCUT2D eigenvalue weighted by Gasteiger charge is -1.99. The number of carbonyl (C=O) groups is 2. The summed E-state index contributed by atoms with van der Waals surface area (Å²) in [6.45, 7) is 3.44. The number of hydrogen-bond donors (Lipinski definition) is 1. The van der Waals surface area contributed by atoms with Crippen LogP contribution in [0.3, 0.4) is 0 Å². The zero-order chi connectivity index (χ0) is 16.3. The van der Waals surface area contributed by atoms with Crippen molar-refractivity contribution >= 4 is 29.4 Å². The van der Waals surface area contributed by atoms with Crippen molar-refractivity contribution in [1.29, 1.82) is 0 Å². The molecule has 4 nitrogen and oxygen atoms in total. The van der Waals surface area contributed by atoms with Crippen molar-refractivity contribution in [3.05, 3.63) is 63.4 Å². The van der Waals surface area contributed by atoms with Gasteiger partial charge in [-0.1, -0.05) is 29.8 Å². The number of esters is 1. The van der Waals surface area contributed by atoms with Crippen LogP contribution in [0.15, 0.2) is 30.3 Å². The smallest absolute Gasteiger partial charge is 0.339 e. The van der Waals surface area contributed by atoms with Crippen LogP contribution in [0, 0.1) is 13.8 Å². The Balaban J connectivity index is 2.31. The fourth-order valence-corrected chi connectivity index (χ4v) is 2.46. The van der Waals surface area contributed by atoms with Crippen molar-refractivity contribution < 1.29 is 14.3 Å². The van der Waals surface area contributed by atoms with E-state index in [1.54, 1.807) is 26.0 Å². The quantitative estimate of drug-likeness (QED) is 0.527. The highest BCUT2D eigenvalue weighted by Crippen LogP contribution is 2.21. The number of aryl methyl sites for hydroxylation is 1. The van der Waals surface area contributed by atoms with Crippen molar-refractivity contribution in [3.63, 3.8) is 0 Å². The fraction of sp³-hybridized carbons (Fsp3) is 0.176. The Morgan fingerprint density at radius 2 is 1.91 bits per heavy atom. The largest absolute Gasteiger partial charge is 0.465 e. The van der Waals surface area contributed by atoms with Crippen molar-refractivity contribution in [1.82, 2.24) is 4.98 Å². The van der Waals surface area contributed by atoms with Gasteiger partial charge in [0.2, 0.25) is 5.78 Å². The van der Waals surface area contributed by atoms with Gasteiger partial charge in [-0.25, -0.2) is 4.79 Å². The Labute approximate surface area is 133 Å². The Bertz CT molecular complexity index is 759. The van der Waals surface area contributed by atoms with Crippen LogP contribution in [0.2, 0.25) is 5.02 Å². The standard InChI is InChI=1S/C17H16ClNO3/c1-10-15(17(21)22-3)11(2)19-16(10)14(20)9-8-12-6-4-5-7-13(12)18/h4-9,19H,1-3H3/b9-8+. The molecule has 0 spiro atoms. The fourth-order valence-electron chi connectivity index (χ4n) is 2.26. The predicted molar refractivity (Wildman–Crippen MR) is 86.4 cm³/mol. The number of carbonyl (C=O) groups excluding carboxylic acids is 2. The molecular weight excluding hydrogens is 302 g/mol. The molecule has 2 rings (SSSR count). The van der Waals surface area contributed by atoms with Gasteiger partial charge in [-0.15, -0.1) is 0 Å². The molecule has 0 bridgehead atoms. The highest BCUT2D eigenvalue weighted by atomic mass is 35.5. The summed E-state index contributed by atoms with van der Waals surface area (Å²) >= 11 is 6.04. The molecule has 1 aromatic carbocycles. The number of halogens is 1. The van der Waals surface area contributed by atoms with Crippen molar-refractivity contribution in [3.8, 4) is 0 Å². The third-order valence-corrected chi connectivity index (χ3v) is 3.74. The summed E-state index contributed by atoms with van der Waals surface area (Å²) in [5.41, 5.74) is 2.72. The highest BCUT2D eigenvalue weighted by Gasteiger charge is 2.21. The molecule has 5 heteroatoms. The van der Waals surface area contributed by atoms with E-state index in [9.17, 15) is 9.59 Å². The van der Waals surface area contributed by atoms with E-state index in [4.69, 9.17) is 16.3 Å². The number of ether oxygens (including phenoxy) is 1. The summed E-state index contributed by atoms with van der Waals surface area (Å²) in [7, 11) is 1.31. The van der Waals surface area contributed by atoms with E-state index in [0.717, 1.165) is 5.56 Å². The minimum atomic E-state index is -0.458. The molecule has 0 atom stereocenters. The van der Waals surface area contributed by atoms with E-state index in [-0.39, 0.29) is 5.78 Å². The molecule has 0 unspecified atom stereocenters. The van der Waals surface area contributed by atoms with Gasteiger partial charge in [-0.05, 0) is 43.2 Å². The van der Waals surface area contributed by atoms with Gasteiger partial charge in [0.1, 0.15) is 0 Å². The van der Waals surface area contributed by atoms with Gasteiger partial charge in [0, 0.05) is 10.7 Å². The van der Waals surface area contributed by atoms with Gasteiger partial charge in [0.25, 0.3) is 0 Å². The maximum absolute atomic E-state index is 12.3. The lowest BCUT2D eigenvalue weighted by Crippen LogP contribution is -2.04. The number of methoxy groups -OCH3 is 1. The first-order valence-electron chi connectivity index (χ1n) is 6.70. The van der Waals surface area contributed by atoms with Crippen LogP contribution in [-0.2, 0) is 4.74 Å². The number of H-pyrrole nitrogens is 1. The van der Waals surface area contributed by atoms with Crippen LogP contribution in [0.5, 0.6) is 0 Å². The second kappa shape index (κ2) is 6.62. The molecule has 0 aliphatic carbocycles. The second-order valence-corrected chi connectivity index (χ2v) is 5.24. The van der Waals surface area contributed by atoms with Crippen LogP contribution in [0.1, 0.15) is 37.7 Å². The van der Waals surface area contributed by atoms with Gasteiger partial charge in [0.15, 0.2) is 0 Å². The molecule has 0 saturated heterocycles. The molecular formula is C17H16ClNO3. The molecule has 1 N–H and O–H groups in total. The van der Waals surface area contributed by atoms with Gasteiger partial charge in [-0.2, -0.15) is 0 Å². The topological polar surface area (TPSA) is 59.2 Å². The summed E-state index contributed by atoms with van der Waals surface area (Å²) in [4.78, 5) is 27.0. The van der Waals surface area contributed by atoms with E-state index >= 15 is 0 Å². The molecule has 0 fully saturated rings. The number of aromatic nitrogens is 1. The van der Waals surface area contributed by atoms with E-state index < -0.39 is 5.97 Å². The number of rotatable bonds is 4. The minimum absolute atomic E-state index is 0.226. The number of benzene rings is 1. The number of hydrogen-bond acceptors (Lipinski definition) is 3. The van der Waals surface area contributed by atoms with E-state index in [2.05, 4.69) is 4.98 Å². The SMILES string of the molecule is COC(=O)c1c(C)[nH]c(C(=O)/C=C/c2ccccc2Cl)c1C. The van der Waals surface area contributed by atoms with Crippen LogP contribution in [0.4, 0.5) is 0 Å². The summed E-state index contributed by atoms with van der Waals surface area (Å²) < 4.78 is 4.73. The van der Waals surface area contributed by atoms with Gasteiger partial charge in [0.05, 0.1) is 18.4 Å². The van der Waals surface area contributed by atoms with E-state index in [1.807, 2.05) is 18.2 Å². The average Bonchev–Trinajstić information content (AvgIpc) is 2.80. The molecule has 2 aromatic rings. The van der Waals surface area contributed by atoms with Crippen molar-refractivity contribution in [2.45, 2.75) is 13.8 Å². The average molecular weight is 318 g/mol. The third kappa shape index (κ3) is 3.12. The number of ketones is 1. The molecule has 0 aliphatic rings. The Hall–Kier alpha value is -2.33. The molecule has 22 heavy (non-hydrogen) atoms. The number of aromatic amines is 1. The van der Waals surface area contributed by atoms with Gasteiger partial charge < -0.3 is 9.72 Å². The molecule has 0 radical (unpaired) electrons. The van der Waals surface area contributed by atoms with Gasteiger partial charge in [-0.3, -0.25) is 4.79 Å². The first-order valence-corrected chi connectivity index (χ1v) is 7.08. The molecule has 0 saturated carbocycles. The van der Waals surface area contributed by atoms with Crippen molar-refractivity contribution in [2.75, 3.05) is 7.11 Å². The lowest BCUT2D eigenvalue weighted by atomic mass is 10.1. The highest BCUT2D eigenvalue weighted by molar-refractivity contribution is 6.32. The predicted octanol–water partition coefficient (Wildman–Crippen LogP) is 3.97. The summed E-state index contributed by atoms with van der Waals surface area (Å²) in [6.07, 6.45) is 3.08. The third-order valence-electron chi connectivity index (χ3n) is 3.39. The zero-order valence-electron chi connectivity index (χ0n) is 12.6. The minimum Gasteiger partial charge on any atom is -0.465 e. The summed E-state index contributed by atoms with van der Waals surface area (Å²) in [5, 5.41) is 0.571. The van der Waals surface area contributed by atoms with Crippen LogP contribution < -0.4 is 0 Å². The molecule has 114 valence electrons. The maximum atomic E-state index is 12.3. The monoisotopic (exact) mass is 317 g/mol. The molecule has 0 aliphatic heterocycles. The molecule has 0 amide bonds. The van der Waals surface area contributed by atoms with Crippen molar-refractivity contribution in [2.24, 2.45) is 0 Å². The Kier molecular flexibility index (Phi) is 4.83. The van der Waals surface area contributed by atoms with Crippen LogP contribution in [-0.4, -0.2) is 23.8 Å². The lowest BCUT2D eigenvalue weighted by molar-refractivity contribution is 0.0599. The molecule has 1 heterocycles. The second-order valence-electron chi connectivity index (χ2n) is 4.84.